The Morgan fingerprint density at radius 3 is 2.95 bits per heavy atom. The molecule has 0 atom stereocenters. The summed E-state index contributed by atoms with van der Waals surface area (Å²) in [5, 5.41) is 16.5. The van der Waals surface area contributed by atoms with Gasteiger partial charge in [-0.2, -0.15) is 0 Å². The number of nitrogens with one attached hydrogen (secondary N) is 1. The van der Waals surface area contributed by atoms with E-state index in [0.717, 1.165) is 27.3 Å². The average Bonchev–Trinajstić information content (AvgIpc) is 2.97. The second-order valence-corrected chi connectivity index (χ2v) is 5.95. The number of benzene rings is 1. The topological polar surface area (TPSA) is 58.0 Å². The fourth-order valence-corrected chi connectivity index (χ4v) is 3.06. The molecule has 0 saturated heterocycles. The Balaban J connectivity index is 1.91. The van der Waals surface area contributed by atoms with Crippen molar-refractivity contribution in [2.24, 2.45) is 0 Å². The SMILES string of the molecule is Cc1cc(NCc2nc(CO)cs2)c2cccnc2c1C. The molecule has 0 bridgehead atoms. The molecule has 1 aromatic carbocycles. The molecule has 2 heterocycles. The number of anilines is 1. The van der Waals surface area contributed by atoms with Gasteiger partial charge < -0.3 is 10.4 Å². The lowest BCUT2D eigenvalue weighted by atomic mass is 10.0. The highest BCUT2D eigenvalue weighted by Gasteiger charge is 2.08. The largest absolute Gasteiger partial charge is 0.390 e. The second kappa shape index (κ2) is 5.79. The van der Waals surface area contributed by atoms with Crippen LogP contribution >= 0.6 is 11.3 Å². The molecule has 0 radical (unpaired) electrons. The second-order valence-electron chi connectivity index (χ2n) is 5.01. The lowest BCUT2D eigenvalue weighted by molar-refractivity contribution is 0.277. The summed E-state index contributed by atoms with van der Waals surface area (Å²) in [6.45, 7) is 4.84. The summed E-state index contributed by atoms with van der Waals surface area (Å²) < 4.78 is 0. The Labute approximate surface area is 127 Å². The molecule has 0 aliphatic rings. The van der Waals surface area contributed by atoms with Crippen molar-refractivity contribution in [3.63, 3.8) is 0 Å². The Morgan fingerprint density at radius 1 is 1.33 bits per heavy atom. The Bertz CT molecular complexity index is 782. The third-order valence-corrected chi connectivity index (χ3v) is 4.49. The Hall–Kier alpha value is -1.98. The molecule has 21 heavy (non-hydrogen) atoms. The van der Waals surface area contributed by atoms with E-state index in [-0.39, 0.29) is 6.61 Å². The molecule has 0 amide bonds. The zero-order chi connectivity index (χ0) is 14.8. The predicted octanol–water partition coefficient (Wildman–Crippen LogP) is 3.41. The van der Waals surface area contributed by atoms with Crippen molar-refractivity contribution >= 4 is 27.9 Å². The number of rotatable bonds is 4. The van der Waals surface area contributed by atoms with Crippen molar-refractivity contribution in [1.29, 1.82) is 0 Å². The average molecular weight is 299 g/mol. The monoisotopic (exact) mass is 299 g/mol. The van der Waals surface area contributed by atoms with Gasteiger partial charge in [-0.25, -0.2) is 4.98 Å². The summed E-state index contributed by atoms with van der Waals surface area (Å²) in [4.78, 5) is 8.84. The molecule has 2 aromatic heterocycles. The van der Waals surface area contributed by atoms with Crippen LogP contribution in [-0.2, 0) is 13.2 Å². The molecule has 3 aromatic rings. The maximum Gasteiger partial charge on any atom is 0.112 e. The number of aliphatic hydroxyl groups is 1. The van der Waals surface area contributed by atoms with Gasteiger partial charge >= 0.3 is 0 Å². The van der Waals surface area contributed by atoms with Crippen LogP contribution in [0.5, 0.6) is 0 Å². The van der Waals surface area contributed by atoms with E-state index in [0.29, 0.717) is 6.54 Å². The number of aryl methyl sites for hydroxylation is 2. The number of aliphatic hydroxyl groups excluding tert-OH is 1. The van der Waals surface area contributed by atoms with Crippen LogP contribution in [0.4, 0.5) is 5.69 Å². The predicted molar refractivity (Wildman–Crippen MR) is 86.6 cm³/mol. The lowest BCUT2D eigenvalue weighted by Crippen LogP contribution is -2.02. The van der Waals surface area contributed by atoms with E-state index in [1.165, 1.54) is 11.1 Å². The molecule has 4 nitrogen and oxygen atoms in total. The molecule has 2 N–H and O–H groups in total. The Kier molecular flexibility index (Phi) is 3.86. The third kappa shape index (κ3) is 2.75. The first-order valence-electron chi connectivity index (χ1n) is 6.82. The van der Waals surface area contributed by atoms with Crippen LogP contribution in [0.15, 0.2) is 29.8 Å². The quantitative estimate of drug-likeness (QED) is 0.775. The first-order valence-corrected chi connectivity index (χ1v) is 7.70. The van der Waals surface area contributed by atoms with Crippen LogP contribution in [0.3, 0.4) is 0 Å². The Morgan fingerprint density at radius 2 is 2.19 bits per heavy atom. The van der Waals surface area contributed by atoms with Crippen LogP contribution < -0.4 is 5.32 Å². The molecule has 0 fully saturated rings. The standard InChI is InChI=1S/C16H17N3OS/c1-10-6-14(13-4-3-5-17-16(13)11(10)2)18-7-15-19-12(8-20)9-21-15/h3-6,9,18,20H,7-8H2,1-2H3. The lowest BCUT2D eigenvalue weighted by Gasteiger charge is -2.12. The van der Waals surface area contributed by atoms with Gasteiger partial charge in [0.1, 0.15) is 5.01 Å². The van der Waals surface area contributed by atoms with Crippen LogP contribution in [0, 0.1) is 13.8 Å². The molecule has 0 unspecified atom stereocenters. The van der Waals surface area contributed by atoms with E-state index < -0.39 is 0 Å². The van der Waals surface area contributed by atoms with Crippen LogP contribution in [-0.4, -0.2) is 15.1 Å². The molecule has 0 saturated carbocycles. The zero-order valence-electron chi connectivity index (χ0n) is 12.1. The summed E-state index contributed by atoms with van der Waals surface area (Å²) in [7, 11) is 0. The van der Waals surface area contributed by atoms with E-state index in [4.69, 9.17) is 5.11 Å². The normalized spacial score (nSPS) is 11.0. The summed E-state index contributed by atoms with van der Waals surface area (Å²) >= 11 is 1.56. The van der Waals surface area contributed by atoms with E-state index >= 15 is 0 Å². The maximum absolute atomic E-state index is 9.06. The summed E-state index contributed by atoms with van der Waals surface area (Å²) in [5.41, 5.74) is 5.27. The van der Waals surface area contributed by atoms with Crippen molar-refractivity contribution in [3.8, 4) is 0 Å². The smallest absolute Gasteiger partial charge is 0.112 e. The van der Waals surface area contributed by atoms with E-state index in [2.05, 4.69) is 41.3 Å². The zero-order valence-corrected chi connectivity index (χ0v) is 12.9. The van der Waals surface area contributed by atoms with Gasteiger partial charge in [-0.3, -0.25) is 4.98 Å². The van der Waals surface area contributed by atoms with Crippen molar-refractivity contribution in [2.45, 2.75) is 27.0 Å². The van der Waals surface area contributed by atoms with Gasteiger partial charge in [0.25, 0.3) is 0 Å². The number of hydrogen-bond donors (Lipinski definition) is 2. The highest BCUT2D eigenvalue weighted by Crippen LogP contribution is 2.28. The maximum atomic E-state index is 9.06. The van der Waals surface area contributed by atoms with Crippen LogP contribution in [0.2, 0.25) is 0 Å². The van der Waals surface area contributed by atoms with E-state index in [1.54, 1.807) is 11.3 Å². The summed E-state index contributed by atoms with van der Waals surface area (Å²) in [6.07, 6.45) is 1.83. The highest BCUT2D eigenvalue weighted by atomic mass is 32.1. The first-order chi connectivity index (χ1) is 10.2. The van der Waals surface area contributed by atoms with Crippen LogP contribution in [0.1, 0.15) is 21.8 Å². The van der Waals surface area contributed by atoms with Crippen molar-refractivity contribution < 1.29 is 5.11 Å². The minimum Gasteiger partial charge on any atom is -0.390 e. The first kappa shape index (κ1) is 14.0. The molecule has 108 valence electrons. The third-order valence-electron chi connectivity index (χ3n) is 3.60. The molecule has 5 heteroatoms. The number of hydrogen-bond acceptors (Lipinski definition) is 5. The molecule has 0 aliphatic heterocycles. The number of fused-ring (bicyclic) bond motifs is 1. The fraction of sp³-hybridized carbons (Fsp3) is 0.250. The van der Waals surface area contributed by atoms with Gasteiger partial charge in [0.2, 0.25) is 0 Å². The number of aromatic nitrogens is 2. The van der Waals surface area contributed by atoms with Gasteiger partial charge in [0, 0.05) is 22.7 Å². The van der Waals surface area contributed by atoms with E-state index in [9.17, 15) is 0 Å². The van der Waals surface area contributed by atoms with Crippen LogP contribution in [0.25, 0.3) is 10.9 Å². The molecular formula is C16H17N3OS. The number of thiazole rings is 1. The van der Waals surface area contributed by atoms with Gasteiger partial charge in [-0.15, -0.1) is 11.3 Å². The highest BCUT2D eigenvalue weighted by molar-refractivity contribution is 7.09. The summed E-state index contributed by atoms with van der Waals surface area (Å²) in [6, 6.07) is 6.19. The van der Waals surface area contributed by atoms with Gasteiger partial charge in [-0.05, 0) is 43.2 Å². The van der Waals surface area contributed by atoms with Gasteiger partial charge in [0.15, 0.2) is 0 Å². The van der Waals surface area contributed by atoms with Crippen molar-refractivity contribution in [2.75, 3.05) is 5.32 Å². The molecular weight excluding hydrogens is 282 g/mol. The fourth-order valence-electron chi connectivity index (χ4n) is 2.33. The number of nitrogens with zero attached hydrogens (tertiary/aromatic N) is 2. The number of pyridine rings is 1. The van der Waals surface area contributed by atoms with Gasteiger partial charge in [-0.1, -0.05) is 0 Å². The van der Waals surface area contributed by atoms with Crippen molar-refractivity contribution in [3.05, 3.63) is 51.6 Å². The molecule has 3 rings (SSSR count). The molecule has 0 spiro atoms. The molecule has 0 aliphatic carbocycles. The van der Waals surface area contributed by atoms with Gasteiger partial charge in [0.05, 0.1) is 24.4 Å². The summed E-state index contributed by atoms with van der Waals surface area (Å²) in [5.74, 6) is 0. The minimum absolute atomic E-state index is 0.00695. The minimum atomic E-state index is -0.00695. The van der Waals surface area contributed by atoms with E-state index in [1.807, 2.05) is 17.6 Å². The van der Waals surface area contributed by atoms with Crippen molar-refractivity contribution in [1.82, 2.24) is 9.97 Å².